The Morgan fingerprint density at radius 1 is 1.65 bits per heavy atom. The van der Waals surface area contributed by atoms with Crippen LogP contribution in [-0.4, -0.2) is 27.6 Å². The molecule has 0 aliphatic carbocycles. The van der Waals surface area contributed by atoms with Crippen molar-refractivity contribution in [3.8, 4) is 12.3 Å². The molecular formula is C12H15N3O2. The highest BCUT2D eigenvalue weighted by Crippen LogP contribution is 2.16. The van der Waals surface area contributed by atoms with Gasteiger partial charge in [0.1, 0.15) is 5.82 Å². The Labute approximate surface area is 100 Å². The van der Waals surface area contributed by atoms with Crippen molar-refractivity contribution < 1.29 is 9.90 Å². The first kappa shape index (κ1) is 13.0. The Morgan fingerprint density at radius 3 is 2.88 bits per heavy atom. The summed E-state index contributed by atoms with van der Waals surface area (Å²) < 4.78 is 0. The number of terminal acetylenes is 1. The van der Waals surface area contributed by atoms with Crippen LogP contribution in [0.1, 0.15) is 42.5 Å². The van der Waals surface area contributed by atoms with E-state index in [1.165, 1.54) is 6.20 Å². The summed E-state index contributed by atoms with van der Waals surface area (Å²) in [5.41, 5.74) is 0.387. The number of nitrogens with zero attached hydrogens (tertiary/aromatic N) is 2. The molecule has 0 unspecified atom stereocenters. The fourth-order valence-corrected chi connectivity index (χ4v) is 1.24. The zero-order chi connectivity index (χ0) is 12.8. The molecular weight excluding hydrogens is 218 g/mol. The molecule has 0 bridgehead atoms. The van der Waals surface area contributed by atoms with E-state index in [0.29, 0.717) is 24.5 Å². The van der Waals surface area contributed by atoms with Crippen LogP contribution in [0.5, 0.6) is 0 Å². The summed E-state index contributed by atoms with van der Waals surface area (Å²) in [6, 6.07) is 0. The summed E-state index contributed by atoms with van der Waals surface area (Å²) in [5, 5.41) is 12.0. The molecule has 0 amide bonds. The molecule has 1 aromatic heterocycles. The Kier molecular flexibility index (Phi) is 4.46. The maximum Gasteiger partial charge on any atom is 0.356 e. The van der Waals surface area contributed by atoms with Gasteiger partial charge in [-0.1, -0.05) is 13.8 Å². The van der Waals surface area contributed by atoms with E-state index in [1.54, 1.807) is 0 Å². The minimum absolute atomic E-state index is 0.0132. The van der Waals surface area contributed by atoms with E-state index in [2.05, 4.69) is 21.2 Å². The lowest BCUT2D eigenvalue weighted by Gasteiger charge is -2.10. The predicted octanol–water partition coefficient (Wildman–Crippen LogP) is 1.73. The van der Waals surface area contributed by atoms with E-state index in [9.17, 15) is 4.79 Å². The van der Waals surface area contributed by atoms with Gasteiger partial charge in [0.25, 0.3) is 0 Å². The first-order valence-electron chi connectivity index (χ1n) is 5.33. The second-order valence-electron chi connectivity index (χ2n) is 3.83. The number of hydrogen-bond acceptors (Lipinski definition) is 4. The van der Waals surface area contributed by atoms with E-state index in [1.807, 2.05) is 13.8 Å². The normalized spacial score (nSPS) is 10.0. The van der Waals surface area contributed by atoms with Gasteiger partial charge in [0.2, 0.25) is 0 Å². The number of hydrogen-bond donors (Lipinski definition) is 2. The molecule has 5 heteroatoms. The number of nitrogens with one attached hydrogen (secondary N) is 1. The maximum absolute atomic E-state index is 11.1. The Hall–Kier alpha value is -2.09. The second-order valence-corrected chi connectivity index (χ2v) is 3.83. The van der Waals surface area contributed by atoms with Crippen molar-refractivity contribution in [1.29, 1.82) is 0 Å². The number of anilines is 1. The highest BCUT2D eigenvalue weighted by atomic mass is 16.4. The van der Waals surface area contributed by atoms with Crippen molar-refractivity contribution in [2.75, 3.05) is 11.9 Å². The fourth-order valence-electron chi connectivity index (χ4n) is 1.24. The lowest BCUT2D eigenvalue weighted by Crippen LogP contribution is -2.12. The van der Waals surface area contributed by atoms with Crippen molar-refractivity contribution in [2.24, 2.45) is 0 Å². The summed E-state index contributed by atoms with van der Waals surface area (Å²) in [5.74, 6) is 2.00. The average molecular weight is 233 g/mol. The van der Waals surface area contributed by atoms with Gasteiger partial charge in [0, 0.05) is 18.9 Å². The van der Waals surface area contributed by atoms with E-state index >= 15 is 0 Å². The predicted molar refractivity (Wildman–Crippen MR) is 65.0 cm³/mol. The third kappa shape index (κ3) is 3.45. The smallest absolute Gasteiger partial charge is 0.356 e. The topological polar surface area (TPSA) is 75.1 Å². The number of aromatic carboxylic acids is 1. The third-order valence-corrected chi connectivity index (χ3v) is 2.11. The van der Waals surface area contributed by atoms with Crippen LogP contribution < -0.4 is 5.32 Å². The minimum atomic E-state index is -1.07. The lowest BCUT2D eigenvalue weighted by atomic mass is 10.2. The van der Waals surface area contributed by atoms with Gasteiger partial charge in [0.15, 0.2) is 5.69 Å². The van der Waals surface area contributed by atoms with Crippen molar-refractivity contribution in [3.63, 3.8) is 0 Å². The molecule has 0 aromatic carbocycles. The molecule has 0 radical (unpaired) electrons. The van der Waals surface area contributed by atoms with Crippen molar-refractivity contribution in [2.45, 2.75) is 26.2 Å². The van der Waals surface area contributed by atoms with Crippen LogP contribution >= 0.6 is 0 Å². The Bertz CT molecular complexity index is 450. The van der Waals surface area contributed by atoms with Crippen LogP contribution in [0.2, 0.25) is 0 Å². The lowest BCUT2D eigenvalue weighted by molar-refractivity contribution is 0.0691. The quantitative estimate of drug-likeness (QED) is 0.598. The van der Waals surface area contributed by atoms with Gasteiger partial charge in [-0.3, -0.25) is 0 Å². The van der Waals surface area contributed by atoms with E-state index in [4.69, 9.17) is 11.5 Å². The van der Waals surface area contributed by atoms with Crippen molar-refractivity contribution >= 4 is 11.7 Å². The molecule has 0 atom stereocenters. The number of aromatic nitrogens is 2. The molecule has 5 nitrogen and oxygen atoms in total. The number of carbonyl (C=O) groups is 1. The summed E-state index contributed by atoms with van der Waals surface area (Å²) in [6.45, 7) is 4.32. The second kappa shape index (κ2) is 5.85. The standard InChI is InChI=1S/C12H15N3O2/c1-4-5-6-13-9-7-14-11(8(2)3)15-10(9)12(16)17/h1,7-8,13H,5-6H2,2-3H3,(H,16,17). The Balaban J connectivity index is 2.97. The monoisotopic (exact) mass is 233 g/mol. The third-order valence-electron chi connectivity index (χ3n) is 2.11. The molecule has 0 aliphatic rings. The zero-order valence-electron chi connectivity index (χ0n) is 9.90. The molecule has 90 valence electrons. The van der Waals surface area contributed by atoms with E-state index in [0.717, 1.165) is 0 Å². The van der Waals surface area contributed by atoms with Crippen molar-refractivity contribution in [3.05, 3.63) is 17.7 Å². The van der Waals surface area contributed by atoms with Crippen LogP contribution in [0.25, 0.3) is 0 Å². The molecule has 1 heterocycles. The summed E-state index contributed by atoms with van der Waals surface area (Å²) in [4.78, 5) is 19.2. The number of carboxylic acids is 1. The first-order chi connectivity index (χ1) is 8.06. The zero-order valence-corrected chi connectivity index (χ0v) is 9.90. The summed E-state index contributed by atoms with van der Waals surface area (Å²) in [7, 11) is 0. The molecule has 0 fully saturated rings. The molecule has 0 aliphatic heterocycles. The van der Waals surface area contributed by atoms with E-state index < -0.39 is 5.97 Å². The van der Waals surface area contributed by atoms with Crippen molar-refractivity contribution in [1.82, 2.24) is 9.97 Å². The molecule has 0 saturated carbocycles. The molecule has 1 aromatic rings. The van der Waals surface area contributed by atoms with E-state index in [-0.39, 0.29) is 11.6 Å². The van der Waals surface area contributed by atoms with Gasteiger partial charge in [-0.2, -0.15) is 0 Å². The number of carboxylic acid groups (broad SMARTS) is 1. The fraction of sp³-hybridized carbons (Fsp3) is 0.417. The van der Waals surface area contributed by atoms with Gasteiger partial charge in [0.05, 0.1) is 11.9 Å². The molecule has 1 rings (SSSR count). The van der Waals surface area contributed by atoms with Gasteiger partial charge in [-0.05, 0) is 0 Å². The van der Waals surface area contributed by atoms with Crippen LogP contribution in [0.15, 0.2) is 6.20 Å². The van der Waals surface area contributed by atoms with Gasteiger partial charge < -0.3 is 10.4 Å². The van der Waals surface area contributed by atoms with Gasteiger partial charge in [-0.15, -0.1) is 12.3 Å². The average Bonchev–Trinajstić information content (AvgIpc) is 2.29. The van der Waals surface area contributed by atoms with Crippen LogP contribution in [-0.2, 0) is 0 Å². The Morgan fingerprint density at radius 2 is 2.35 bits per heavy atom. The number of rotatable bonds is 5. The largest absolute Gasteiger partial charge is 0.476 e. The molecule has 0 spiro atoms. The van der Waals surface area contributed by atoms with Crippen LogP contribution in [0.4, 0.5) is 5.69 Å². The highest BCUT2D eigenvalue weighted by Gasteiger charge is 2.15. The van der Waals surface area contributed by atoms with Crippen LogP contribution in [0, 0.1) is 12.3 Å². The maximum atomic E-state index is 11.1. The first-order valence-corrected chi connectivity index (χ1v) is 5.33. The minimum Gasteiger partial charge on any atom is -0.476 e. The van der Waals surface area contributed by atoms with Gasteiger partial charge >= 0.3 is 5.97 Å². The summed E-state index contributed by atoms with van der Waals surface area (Å²) >= 11 is 0. The summed E-state index contributed by atoms with van der Waals surface area (Å²) in [6.07, 6.45) is 7.12. The van der Waals surface area contributed by atoms with Gasteiger partial charge in [-0.25, -0.2) is 14.8 Å². The van der Waals surface area contributed by atoms with Crippen LogP contribution in [0.3, 0.4) is 0 Å². The molecule has 17 heavy (non-hydrogen) atoms. The molecule has 0 saturated heterocycles. The molecule has 2 N–H and O–H groups in total. The SMILES string of the molecule is C#CCCNc1cnc(C(C)C)nc1C(=O)O. The highest BCUT2D eigenvalue weighted by molar-refractivity contribution is 5.91.